The summed E-state index contributed by atoms with van der Waals surface area (Å²) >= 11 is 6.05. The number of tetrazole rings is 1. The fourth-order valence-electron chi connectivity index (χ4n) is 1.95. The lowest BCUT2D eigenvalue weighted by atomic mass is 9.94. The van der Waals surface area contributed by atoms with Crippen LogP contribution in [0.15, 0.2) is 0 Å². The van der Waals surface area contributed by atoms with Gasteiger partial charge in [-0.3, -0.25) is 0 Å². The summed E-state index contributed by atoms with van der Waals surface area (Å²) in [5, 5.41) is 15.9. The van der Waals surface area contributed by atoms with Crippen LogP contribution in [-0.4, -0.2) is 25.3 Å². The summed E-state index contributed by atoms with van der Waals surface area (Å²) < 4.78 is 1.41. The molecular formula is C8H8ClN5. The summed E-state index contributed by atoms with van der Waals surface area (Å²) in [6, 6.07) is 0. The van der Waals surface area contributed by atoms with Crippen LogP contribution in [0.25, 0.3) is 5.65 Å². The molecule has 0 saturated carbocycles. The number of hydrogen-bond acceptors (Lipinski definition) is 4. The molecule has 1 aliphatic carbocycles. The number of nitrogens with zero attached hydrogens (tertiary/aromatic N) is 5. The predicted molar refractivity (Wildman–Crippen MR) is 50.2 cm³/mol. The molecule has 0 atom stereocenters. The van der Waals surface area contributed by atoms with E-state index >= 15 is 0 Å². The van der Waals surface area contributed by atoms with Crippen LogP contribution in [0.5, 0.6) is 0 Å². The first-order valence-corrected chi connectivity index (χ1v) is 4.99. The molecular weight excluding hydrogens is 202 g/mol. The largest absolute Gasteiger partial charge is 0.203 e. The Kier molecular flexibility index (Phi) is 1.67. The Morgan fingerprint density at radius 2 is 1.93 bits per heavy atom. The van der Waals surface area contributed by atoms with Crippen molar-refractivity contribution in [3.63, 3.8) is 0 Å². The van der Waals surface area contributed by atoms with Gasteiger partial charge >= 0.3 is 0 Å². The lowest BCUT2D eigenvalue weighted by molar-refractivity contribution is 0.662. The SMILES string of the molecule is Clc1nn2nnnc2c2c1CCCC2. The van der Waals surface area contributed by atoms with Gasteiger partial charge in [-0.1, -0.05) is 11.6 Å². The smallest absolute Gasteiger partial charge is 0.135 e. The van der Waals surface area contributed by atoms with Gasteiger partial charge in [-0.05, 0) is 41.7 Å². The summed E-state index contributed by atoms with van der Waals surface area (Å²) in [4.78, 5) is 0. The minimum absolute atomic E-state index is 0.541. The highest BCUT2D eigenvalue weighted by Gasteiger charge is 2.19. The molecule has 0 fully saturated rings. The predicted octanol–water partition coefficient (Wildman–Crippen LogP) is 1.05. The third-order valence-electron chi connectivity index (χ3n) is 2.62. The second-order valence-electron chi connectivity index (χ2n) is 3.45. The lowest BCUT2D eigenvalue weighted by Gasteiger charge is -2.15. The molecule has 0 amide bonds. The van der Waals surface area contributed by atoms with Crippen molar-refractivity contribution < 1.29 is 0 Å². The van der Waals surface area contributed by atoms with Crippen LogP contribution in [0.3, 0.4) is 0 Å². The molecule has 0 saturated heterocycles. The normalized spacial score (nSPS) is 15.8. The maximum absolute atomic E-state index is 6.05. The average Bonchev–Trinajstić information content (AvgIpc) is 2.66. The minimum Gasteiger partial charge on any atom is -0.135 e. The fourth-order valence-corrected chi connectivity index (χ4v) is 2.23. The quantitative estimate of drug-likeness (QED) is 0.651. The molecule has 0 bridgehead atoms. The Morgan fingerprint density at radius 3 is 2.79 bits per heavy atom. The number of fused-ring (bicyclic) bond motifs is 3. The maximum Gasteiger partial charge on any atom is 0.203 e. The number of hydrogen-bond donors (Lipinski definition) is 0. The molecule has 2 heterocycles. The monoisotopic (exact) mass is 209 g/mol. The highest BCUT2D eigenvalue weighted by molar-refractivity contribution is 6.30. The van der Waals surface area contributed by atoms with Crippen molar-refractivity contribution >= 4 is 17.2 Å². The van der Waals surface area contributed by atoms with Crippen LogP contribution in [0.1, 0.15) is 24.0 Å². The Labute approximate surface area is 85.1 Å². The second-order valence-corrected chi connectivity index (χ2v) is 3.80. The third-order valence-corrected chi connectivity index (χ3v) is 2.93. The molecule has 72 valence electrons. The van der Waals surface area contributed by atoms with Gasteiger partial charge in [0.2, 0.25) is 5.65 Å². The topological polar surface area (TPSA) is 56.0 Å². The lowest BCUT2D eigenvalue weighted by Crippen LogP contribution is -2.09. The molecule has 1 aliphatic rings. The standard InChI is InChI=1S/C8H8ClN5/c9-7-5-3-1-2-4-6(5)8-10-12-13-14(8)11-7/h1-4H2. The zero-order chi connectivity index (χ0) is 9.54. The van der Waals surface area contributed by atoms with Crippen molar-refractivity contribution in [2.75, 3.05) is 0 Å². The fraction of sp³-hybridized carbons (Fsp3) is 0.500. The number of aromatic nitrogens is 5. The van der Waals surface area contributed by atoms with Crippen LogP contribution >= 0.6 is 11.6 Å². The van der Waals surface area contributed by atoms with Gasteiger partial charge in [0.1, 0.15) is 0 Å². The van der Waals surface area contributed by atoms with Gasteiger partial charge in [-0.15, -0.1) is 14.8 Å². The van der Waals surface area contributed by atoms with E-state index in [1.165, 1.54) is 23.0 Å². The van der Waals surface area contributed by atoms with Crippen molar-refractivity contribution in [1.29, 1.82) is 0 Å². The van der Waals surface area contributed by atoms with Crippen molar-refractivity contribution in [2.24, 2.45) is 0 Å². The highest BCUT2D eigenvalue weighted by Crippen LogP contribution is 2.27. The van der Waals surface area contributed by atoms with E-state index < -0.39 is 0 Å². The van der Waals surface area contributed by atoms with E-state index in [9.17, 15) is 0 Å². The molecule has 2 aromatic rings. The van der Waals surface area contributed by atoms with E-state index in [-0.39, 0.29) is 0 Å². The highest BCUT2D eigenvalue weighted by atomic mass is 35.5. The Bertz CT molecular complexity index is 492. The minimum atomic E-state index is 0.541. The van der Waals surface area contributed by atoms with E-state index in [4.69, 9.17) is 11.6 Å². The van der Waals surface area contributed by atoms with Gasteiger partial charge in [-0.25, -0.2) is 0 Å². The third kappa shape index (κ3) is 1.02. The molecule has 0 spiro atoms. The van der Waals surface area contributed by atoms with E-state index in [1.807, 2.05) is 0 Å². The maximum atomic E-state index is 6.05. The van der Waals surface area contributed by atoms with Crippen LogP contribution in [0.2, 0.25) is 5.15 Å². The Hall–Kier alpha value is -1.23. The Balaban J connectivity index is 2.39. The summed E-state index contributed by atoms with van der Waals surface area (Å²) in [5.74, 6) is 0. The van der Waals surface area contributed by atoms with Crippen LogP contribution in [-0.2, 0) is 12.8 Å². The average molecular weight is 210 g/mol. The molecule has 3 rings (SSSR count). The van der Waals surface area contributed by atoms with E-state index in [0.717, 1.165) is 24.1 Å². The number of halogens is 1. The van der Waals surface area contributed by atoms with E-state index in [2.05, 4.69) is 20.6 Å². The van der Waals surface area contributed by atoms with Gasteiger partial charge in [0, 0.05) is 5.56 Å². The van der Waals surface area contributed by atoms with E-state index in [1.54, 1.807) is 0 Å². The summed E-state index contributed by atoms with van der Waals surface area (Å²) in [6.45, 7) is 0. The van der Waals surface area contributed by atoms with Crippen molar-refractivity contribution in [3.05, 3.63) is 16.3 Å². The molecule has 2 aromatic heterocycles. The number of aryl methyl sites for hydroxylation is 1. The molecule has 0 aromatic carbocycles. The first-order valence-electron chi connectivity index (χ1n) is 4.62. The molecule has 0 aliphatic heterocycles. The number of rotatable bonds is 0. The summed E-state index contributed by atoms with van der Waals surface area (Å²) in [5.41, 5.74) is 3.05. The van der Waals surface area contributed by atoms with Crippen LogP contribution < -0.4 is 0 Å². The second kappa shape index (κ2) is 2.88. The zero-order valence-corrected chi connectivity index (χ0v) is 8.20. The first-order chi connectivity index (χ1) is 6.86. The Morgan fingerprint density at radius 1 is 1.14 bits per heavy atom. The molecule has 0 N–H and O–H groups in total. The van der Waals surface area contributed by atoms with Crippen LogP contribution in [0, 0.1) is 0 Å². The van der Waals surface area contributed by atoms with Gasteiger partial charge in [-0.2, -0.15) is 0 Å². The van der Waals surface area contributed by atoms with E-state index in [0.29, 0.717) is 5.15 Å². The van der Waals surface area contributed by atoms with Crippen molar-refractivity contribution in [2.45, 2.75) is 25.7 Å². The molecule has 5 nitrogen and oxygen atoms in total. The molecule has 6 heteroatoms. The van der Waals surface area contributed by atoms with Crippen LogP contribution in [0.4, 0.5) is 0 Å². The molecule has 0 unspecified atom stereocenters. The zero-order valence-electron chi connectivity index (χ0n) is 7.44. The van der Waals surface area contributed by atoms with Gasteiger partial charge in [0.25, 0.3) is 0 Å². The summed E-state index contributed by atoms with van der Waals surface area (Å²) in [6.07, 6.45) is 4.34. The van der Waals surface area contributed by atoms with Gasteiger partial charge < -0.3 is 0 Å². The van der Waals surface area contributed by atoms with Gasteiger partial charge in [0.15, 0.2) is 5.15 Å². The van der Waals surface area contributed by atoms with Crippen molar-refractivity contribution in [1.82, 2.24) is 25.3 Å². The molecule has 0 radical (unpaired) electrons. The first kappa shape index (κ1) is 8.11. The van der Waals surface area contributed by atoms with Crippen molar-refractivity contribution in [3.8, 4) is 0 Å². The molecule has 14 heavy (non-hydrogen) atoms. The van der Waals surface area contributed by atoms with Gasteiger partial charge in [0.05, 0.1) is 0 Å². The summed E-state index contributed by atoms with van der Waals surface area (Å²) in [7, 11) is 0.